The van der Waals surface area contributed by atoms with Crippen LogP contribution in [0.5, 0.6) is 0 Å². The Morgan fingerprint density at radius 3 is 2.90 bits per heavy atom. The topological polar surface area (TPSA) is 64.0 Å². The van der Waals surface area contributed by atoms with Gasteiger partial charge in [0.2, 0.25) is 5.91 Å². The molecule has 2 rings (SSSR count). The average Bonchev–Trinajstić information content (AvgIpc) is 3.18. The molecule has 1 fully saturated rings. The molecule has 5 nitrogen and oxygen atoms in total. The first kappa shape index (κ1) is 15.1. The highest BCUT2D eigenvalue weighted by Crippen LogP contribution is 2.26. The van der Waals surface area contributed by atoms with Gasteiger partial charge in [-0.2, -0.15) is 0 Å². The van der Waals surface area contributed by atoms with Crippen molar-refractivity contribution in [2.24, 2.45) is 7.05 Å². The summed E-state index contributed by atoms with van der Waals surface area (Å²) < 4.78 is 1.50. The van der Waals surface area contributed by atoms with Crippen LogP contribution < -0.4 is 10.9 Å². The van der Waals surface area contributed by atoms with Crippen molar-refractivity contribution in [3.8, 4) is 0 Å². The molecule has 1 aliphatic rings. The lowest BCUT2D eigenvalue weighted by Crippen LogP contribution is -2.34. The third kappa shape index (κ3) is 3.85. The molecule has 110 valence electrons. The van der Waals surface area contributed by atoms with Gasteiger partial charge < -0.3 is 5.32 Å². The van der Waals surface area contributed by atoms with E-state index in [-0.39, 0.29) is 16.7 Å². The standard InChI is InChI=1S/C14H21N3O2S/c1-4-5-11(13(19)16-10-6-7-10)20-14-15-9(2)8-12(18)17(14)3/h8,10-11H,4-7H2,1-3H3,(H,16,19). The zero-order chi connectivity index (χ0) is 14.7. The fraction of sp³-hybridized carbons (Fsp3) is 0.643. The maximum absolute atomic E-state index is 12.2. The van der Waals surface area contributed by atoms with Crippen LogP contribution in [-0.2, 0) is 11.8 Å². The normalized spacial score (nSPS) is 15.9. The second-order valence-electron chi connectivity index (χ2n) is 5.26. The van der Waals surface area contributed by atoms with Crippen molar-refractivity contribution in [1.29, 1.82) is 0 Å². The summed E-state index contributed by atoms with van der Waals surface area (Å²) in [4.78, 5) is 28.4. The molecule has 1 aromatic rings. The third-order valence-electron chi connectivity index (χ3n) is 3.24. The Morgan fingerprint density at radius 2 is 2.30 bits per heavy atom. The van der Waals surface area contributed by atoms with Crippen LogP contribution in [0.2, 0.25) is 0 Å². The highest BCUT2D eigenvalue weighted by Gasteiger charge is 2.28. The molecule has 0 spiro atoms. The van der Waals surface area contributed by atoms with Crippen molar-refractivity contribution >= 4 is 17.7 Å². The van der Waals surface area contributed by atoms with E-state index in [1.807, 2.05) is 0 Å². The molecule has 1 aliphatic carbocycles. The highest BCUT2D eigenvalue weighted by molar-refractivity contribution is 8.00. The van der Waals surface area contributed by atoms with E-state index in [1.54, 1.807) is 14.0 Å². The van der Waals surface area contributed by atoms with Crippen LogP contribution >= 0.6 is 11.8 Å². The molecule has 1 atom stereocenters. The van der Waals surface area contributed by atoms with E-state index in [4.69, 9.17) is 0 Å². The van der Waals surface area contributed by atoms with E-state index >= 15 is 0 Å². The van der Waals surface area contributed by atoms with Crippen molar-refractivity contribution in [3.63, 3.8) is 0 Å². The molecule has 1 unspecified atom stereocenters. The third-order valence-corrected chi connectivity index (χ3v) is 4.55. The molecule has 6 heteroatoms. The Labute approximate surface area is 123 Å². The summed E-state index contributed by atoms with van der Waals surface area (Å²) in [6.45, 7) is 3.85. The van der Waals surface area contributed by atoms with Crippen LogP contribution in [-0.4, -0.2) is 26.8 Å². The van der Waals surface area contributed by atoms with Gasteiger partial charge in [-0.1, -0.05) is 25.1 Å². The predicted molar refractivity (Wildman–Crippen MR) is 79.9 cm³/mol. The lowest BCUT2D eigenvalue weighted by molar-refractivity contribution is -0.120. The number of amides is 1. The molecule has 0 aromatic carbocycles. The van der Waals surface area contributed by atoms with E-state index in [1.165, 1.54) is 22.4 Å². The largest absolute Gasteiger partial charge is 0.352 e. The summed E-state index contributed by atoms with van der Waals surface area (Å²) >= 11 is 1.39. The molecular formula is C14H21N3O2S. The van der Waals surface area contributed by atoms with Crippen LogP contribution in [0.25, 0.3) is 0 Å². The zero-order valence-electron chi connectivity index (χ0n) is 12.2. The number of nitrogens with zero attached hydrogens (tertiary/aromatic N) is 2. The van der Waals surface area contributed by atoms with Gasteiger partial charge in [0.05, 0.1) is 5.25 Å². The highest BCUT2D eigenvalue weighted by atomic mass is 32.2. The second kappa shape index (κ2) is 6.43. The number of rotatable bonds is 6. The zero-order valence-corrected chi connectivity index (χ0v) is 13.0. The first-order valence-electron chi connectivity index (χ1n) is 7.03. The van der Waals surface area contributed by atoms with Crippen molar-refractivity contribution < 1.29 is 4.79 Å². The molecular weight excluding hydrogens is 274 g/mol. The Bertz CT molecular complexity index is 552. The lowest BCUT2D eigenvalue weighted by atomic mass is 10.2. The summed E-state index contributed by atoms with van der Waals surface area (Å²) in [5.74, 6) is 0.0649. The molecule has 1 amide bonds. The van der Waals surface area contributed by atoms with Crippen molar-refractivity contribution in [2.45, 2.75) is 56.0 Å². The molecule has 1 saturated carbocycles. The van der Waals surface area contributed by atoms with E-state index in [0.29, 0.717) is 16.9 Å². The number of aryl methyl sites for hydroxylation is 1. The Balaban J connectivity index is 2.14. The van der Waals surface area contributed by atoms with E-state index in [2.05, 4.69) is 17.2 Å². The van der Waals surface area contributed by atoms with Gasteiger partial charge in [-0.3, -0.25) is 14.2 Å². The van der Waals surface area contributed by atoms with Gasteiger partial charge in [-0.15, -0.1) is 0 Å². The average molecular weight is 295 g/mol. The minimum absolute atomic E-state index is 0.0649. The molecule has 0 aliphatic heterocycles. The number of nitrogens with one attached hydrogen (secondary N) is 1. The predicted octanol–water partition coefficient (Wildman–Crippen LogP) is 1.63. The van der Waals surface area contributed by atoms with Gasteiger partial charge >= 0.3 is 0 Å². The smallest absolute Gasteiger partial charge is 0.254 e. The van der Waals surface area contributed by atoms with Gasteiger partial charge in [0.1, 0.15) is 0 Å². The Morgan fingerprint density at radius 1 is 1.60 bits per heavy atom. The van der Waals surface area contributed by atoms with Crippen LogP contribution in [0.4, 0.5) is 0 Å². The molecule has 0 radical (unpaired) electrons. The number of aromatic nitrogens is 2. The number of hydrogen-bond donors (Lipinski definition) is 1. The maximum atomic E-state index is 12.2. The van der Waals surface area contributed by atoms with E-state index in [0.717, 1.165) is 25.7 Å². The SMILES string of the molecule is CCCC(Sc1nc(C)cc(=O)n1C)C(=O)NC1CC1. The Kier molecular flexibility index (Phi) is 4.86. The Hall–Kier alpha value is -1.30. The van der Waals surface area contributed by atoms with Crippen molar-refractivity contribution in [3.05, 3.63) is 22.1 Å². The monoisotopic (exact) mass is 295 g/mol. The van der Waals surface area contributed by atoms with Gasteiger partial charge in [0.15, 0.2) is 5.16 Å². The number of thioether (sulfide) groups is 1. The fourth-order valence-corrected chi connectivity index (χ4v) is 3.12. The van der Waals surface area contributed by atoms with Crippen molar-refractivity contribution in [1.82, 2.24) is 14.9 Å². The summed E-state index contributed by atoms with van der Waals surface area (Å²) in [7, 11) is 1.69. The van der Waals surface area contributed by atoms with E-state index in [9.17, 15) is 9.59 Å². The van der Waals surface area contributed by atoms with Crippen LogP contribution in [0, 0.1) is 6.92 Å². The molecule has 1 heterocycles. The van der Waals surface area contributed by atoms with Gasteiger partial charge in [-0.25, -0.2) is 4.98 Å². The molecule has 0 saturated heterocycles. The van der Waals surface area contributed by atoms with Crippen molar-refractivity contribution in [2.75, 3.05) is 0 Å². The van der Waals surface area contributed by atoms with Crippen LogP contribution in [0.1, 0.15) is 38.3 Å². The molecule has 0 bridgehead atoms. The van der Waals surface area contributed by atoms with E-state index < -0.39 is 0 Å². The molecule has 20 heavy (non-hydrogen) atoms. The van der Waals surface area contributed by atoms with Crippen LogP contribution in [0.15, 0.2) is 16.0 Å². The van der Waals surface area contributed by atoms with Gasteiger partial charge in [0, 0.05) is 24.8 Å². The molecule has 1 aromatic heterocycles. The summed E-state index contributed by atoms with van der Waals surface area (Å²) in [5, 5.41) is 3.46. The minimum atomic E-state index is -0.180. The summed E-state index contributed by atoms with van der Waals surface area (Å²) in [6.07, 6.45) is 3.87. The van der Waals surface area contributed by atoms with Gasteiger partial charge in [-0.05, 0) is 26.2 Å². The number of hydrogen-bond acceptors (Lipinski definition) is 4. The number of carbonyl (C=O) groups excluding carboxylic acids is 1. The minimum Gasteiger partial charge on any atom is -0.352 e. The summed E-state index contributed by atoms with van der Waals surface area (Å²) in [6, 6.07) is 1.86. The van der Waals surface area contributed by atoms with Gasteiger partial charge in [0.25, 0.3) is 5.56 Å². The fourth-order valence-electron chi connectivity index (χ4n) is 1.89. The summed E-state index contributed by atoms with van der Waals surface area (Å²) in [5.41, 5.74) is 0.603. The number of carbonyl (C=O) groups is 1. The lowest BCUT2D eigenvalue weighted by Gasteiger charge is -2.16. The molecule has 1 N–H and O–H groups in total. The first-order valence-corrected chi connectivity index (χ1v) is 7.91. The quantitative estimate of drug-likeness (QED) is 0.640. The first-order chi connectivity index (χ1) is 9.51. The maximum Gasteiger partial charge on any atom is 0.254 e. The van der Waals surface area contributed by atoms with Crippen LogP contribution in [0.3, 0.4) is 0 Å². The second-order valence-corrected chi connectivity index (χ2v) is 6.43.